The Labute approximate surface area is 111 Å². The standard InChI is InChI=1S/C12H24.C4H4S/c1-2-3-4-6-9-12-10-7-5-8-11-12;1-2-4-5-3-1/h12H,2-11H2,1H3;1-4H. The average Bonchev–Trinajstić information content (AvgIpc) is 2.95. The topological polar surface area (TPSA) is 0 Å². The molecule has 0 spiro atoms. The molecule has 1 aliphatic carbocycles. The van der Waals surface area contributed by atoms with Crippen molar-refractivity contribution in [2.24, 2.45) is 5.92 Å². The van der Waals surface area contributed by atoms with Crippen molar-refractivity contribution in [2.45, 2.75) is 71.1 Å². The van der Waals surface area contributed by atoms with Gasteiger partial charge < -0.3 is 0 Å². The molecule has 0 radical (unpaired) electrons. The van der Waals surface area contributed by atoms with E-state index in [0.29, 0.717) is 0 Å². The second kappa shape index (κ2) is 10.8. The summed E-state index contributed by atoms with van der Waals surface area (Å²) in [7, 11) is 0. The first-order chi connectivity index (χ1) is 8.43. The van der Waals surface area contributed by atoms with Crippen LogP contribution in [0, 0.1) is 5.92 Å². The zero-order valence-electron chi connectivity index (χ0n) is 11.4. The van der Waals surface area contributed by atoms with Crippen LogP contribution in [0.1, 0.15) is 71.1 Å². The Hall–Kier alpha value is -0.300. The molecule has 1 aromatic rings. The van der Waals surface area contributed by atoms with E-state index in [4.69, 9.17) is 0 Å². The summed E-state index contributed by atoms with van der Waals surface area (Å²) in [6.45, 7) is 2.29. The number of thiophene rings is 1. The van der Waals surface area contributed by atoms with E-state index in [1.807, 2.05) is 22.9 Å². The molecular formula is C16H28S. The Bertz CT molecular complexity index is 204. The van der Waals surface area contributed by atoms with E-state index in [2.05, 4.69) is 6.92 Å². The molecule has 1 heterocycles. The molecule has 0 aliphatic heterocycles. The van der Waals surface area contributed by atoms with Crippen molar-refractivity contribution in [2.75, 3.05) is 0 Å². The first-order valence-electron chi connectivity index (χ1n) is 7.40. The van der Waals surface area contributed by atoms with Gasteiger partial charge in [-0.15, -0.1) is 0 Å². The molecule has 0 unspecified atom stereocenters. The highest BCUT2D eigenvalue weighted by molar-refractivity contribution is 7.07. The van der Waals surface area contributed by atoms with Crippen molar-refractivity contribution in [3.63, 3.8) is 0 Å². The van der Waals surface area contributed by atoms with Crippen LogP contribution >= 0.6 is 11.3 Å². The van der Waals surface area contributed by atoms with Crippen LogP contribution in [0.25, 0.3) is 0 Å². The molecule has 0 nitrogen and oxygen atoms in total. The molecule has 0 saturated heterocycles. The fraction of sp³-hybridized carbons (Fsp3) is 0.750. The van der Waals surface area contributed by atoms with Gasteiger partial charge in [0.05, 0.1) is 0 Å². The summed E-state index contributed by atoms with van der Waals surface area (Å²) in [5, 5.41) is 4.08. The molecule has 0 aromatic carbocycles. The third kappa shape index (κ3) is 8.43. The highest BCUT2D eigenvalue weighted by atomic mass is 32.1. The molecule has 2 rings (SSSR count). The Morgan fingerprint density at radius 1 is 0.941 bits per heavy atom. The predicted molar refractivity (Wildman–Crippen MR) is 79.7 cm³/mol. The highest BCUT2D eigenvalue weighted by Crippen LogP contribution is 2.27. The van der Waals surface area contributed by atoms with Crippen LogP contribution in [-0.4, -0.2) is 0 Å². The molecule has 1 heteroatoms. The second-order valence-corrected chi connectivity index (χ2v) is 5.96. The van der Waals surface area contributed by atoms with Gasteiger partial charge in [-0.2, -0.15) is 11.3 Å². The summed E-state index contributed by atoms with van der Waals surface area (Å²) in [5.41, 5.74) is 0. The molecule has 0 atom stereocenters. The Kier molecular flexibility index (Phi) is 9.40. The average molecular weight is 252 g/mol. The van der Waals surface area contributed by atoms with E-state index in [1.165, 1.54) is 64.2 Å². The van der Waals surface area contributed by atoms with E-state index >= 15 is 0 Å². The van der Waals surface area contributed by atoms with Gasteiger partial charge in [-0.1, -0.05) is 83.3 Å². The van der Waals surface area contributed by atoms with Gasteiger partial charge in [0, 0.05) is 0 Å². The molecule has 0 N–H and O–H groups in total. The van der Waals surface area contributed by atoms with E-state index in [-0.39, 0.29) is 0 Å². The van der Waals surface area contributed by atoms with E-state index in [1.54, 1.807) is 11.3 Å². The summed E-state index contributed by atoms with van der Waals surface area (Å²) < 4.78 is 0. The summed E-state index contributed by atoms with van der Waals surface area (Å²) in [6.07, 6.45) is 14.9. The second-order valence-electron chi connectivity index (χ2n) is 5.15. The third-order valence-corrected chi connectivity index (χ3v) is 4.24. The Balaban J connectivity index is 0.000000239. The normalized spacial score (nSPS) is 16.3. The summed E-state index contributed by atoms with van der Waals surface area (Å²) in [4.78, 5) is 0. The van der Waals surface area contributed by atoms with E-state index < -0.39 is 0 Å². The van der Waals surface area contributed by atoms with Crippen LogP contribution in [0.4, 0.5) is 0 Å². The summed E-state index contributed by atoms with van der Waals surface area (Å²) >= 11 is 1.71. The van der Waals surface area contributed by atoms with Gasteiger partial charge in [-0.25, -0.2) is 0 Å². The van der Waals surface area contributed by atoms with Gasteiger partial charge in [0.1, 0.15) is 0 Å². The third-order valence-electron chi connectivity index (χ3n) is 3.62. The Morgan fingerprint density at radius 3 is 2.18 bits per heavy atom. The lowest BCUT2D eigenvalue weighted by atomic mass is 9.85. The zero-order valence-corrected chi connectivity index (χ0v) is 12.2. The van der Waals surface area contributed by atoms with Crippen molar-refractivity contribution < 1.29 is 0 Å². The lowest BCUT2D eigenvalue weighted by Crippen LogP contribution is -2.05. The van der Waals surface area contributed by atoms with E-state index in [9.17, 15) is 0 Å². The SMILES string of the molecule is CCCCCCC1CCCCC1.c1ccsc1. The predicted octanol–water partition coefficient (Wildman–Crippen LogP) is 6.29. The van der Waals surface area contributed by atoms with E-state index in [0.717, 1.165) is 5.92 Å². The quantitative estimate of drug-likeness (QED) is 0.541. The number of rotatable bonds is 5. The first kappa shape index (κ1) is 14.8. The number of hydrogen-bond acceptors (Lipinski definition) is 1. The van der Waals surface area contributed by atoms with Crippen molar-refractivity contribution >= 4 is 11.3 Å². The maximum Gasteiger partial charge on any atom is -0.00934 e. The molecule has 0 bridgehead atoms. The van der Waals surface area contributed by atoms with Crippen molar-refractivity contribution in [3.05, 3.63) is 22.9 Å². The van der Waals surface area contributed by atoms with Crippen LogP contribution < -0.4 is 0 Å². The Morgan fingerprint density at radius 2 is 1.65 bits per heavy atom. The smallest absolute Gasteiger partial charge is 0.00934 e. The number of unbranched alkanes of at least 4 members (excludes halogenated alkanes) is 3. The van der Waals surface area contributed by atoms with Crippen LogP contribution in [0.5, 0.6) is 0 Å². The summed E-state index contributed by atoms with van der Waals surface area (Å²) in [6, 6.07) is 4.04. The largest absolute Gasteiger partial charge is 0.152 e. The zero-order chi connectivity index (χ0) is 12.2. The van der Waals surface area contributed by atoms with Crippen LogP contribution in [0.3, 0.4) is 0 Å². The minimum atomic E-state index is 1.11. The monoisotopic (exact) mass is 252 g/mol. The van der Waals surface area contributed by atoms with Crippen molar-refractivity contribution in [3.8, 4) is 0 Å². The fourth-order valence-electron chi connectivity index (χ4n) is 2.56. The fourth-order valence-corrected chi connectivity index (χ4v) is 3.02. The van der Waals surface area contributed by atoms with Gasteiger partial charge in [0.25, 0.3) is 0 Å². The first-order valence-corrected chi connectivity index (χ1v) is 8.35. The minimum absolute atomic E-state index is 1.11. The molecule has 98 valence electrons. The van der Waals surface area contributed by atoms with Gasteiger partial charge in [0.2, 0.25) is 0 Å². The van der Waals surface area contributed by atoms with Crippen molar-refractivity contribution in [1.29, 1.82) is 0 Å². The molecule has 1 fully saturated rings. The van der Waals surface area contributed by atoms with Gasteiger partial charge in [0.15, 0.2) is 0 Å². The molecule has 1 aliphatic rings. The molecule has 1 aromatic heterocycles. The maximum atomic E-state index is 2.29. The van der Waals surface area contributed by atoms with Crippen LogP contribution in [0.2, 0.25) is 0 Å². The number of hydrogen-bond donors (Lipinski definition) is 0. The highest BCUT2D eigenvalue weighted by Gasteiger charge is 2.11. The van der Waals surface area contributed by atoms with Gasteiger partial charge in [-0.05, 0) is 16.7 Å². The minimum Gasteiger partial charge on any atom is -0.152 e. The van der Waals surface area contributed by atoms with Gasteiger partial charge in [-0.3, -0.25) is 0 Å². The lowest BCUT2D eigenvalue weighted by molar-refractivity contribution is 0.328. The maximum absolute atomic E-state index is 2.29. The van der Waals surface area contributed by atoms with Crippen LogP contribution in [0.15, 0.2) is 22.9 Å². The van der Waals surface area contributed by atoms with Crippen LogP contribution in [-0.2, 0) is 0 Å². The molecular weight excluding hydrogens is 224 g/mol. The molecule has 0 amide bonds. The molecule has 17 heavy (non-hydrogen) atoms. The lowest BCUT2D eigenvalue weighted by Gasteiger charge is -2.21. The van der Waals surface area contributed by atoms with Gasteiger partial charge >= 0.3 is 0 Å². The van der Waals surface area contributed by atoms with Crippen molar-refractivity contribution in [1.82, 2.24) is 0 Å². The summed E-state index contributed by atoms with van der Waals surface area (Å²) in [5.74, 6) is 1.11. The molecule has 1 saturated carbocycles.